The summed E-state index contributed by atoms with van der Waals surface area (Å²) in [6.07, 6.45) is 2.12. The fourth-order valence-corrected chi connectivity index (χ4v) is 3.87. The van der Waals surface area contributed by atoms with Crippen molar-refractivity contribution in [3.05, 3.63) is 51.0 Å². The number of anilines is 2. The topological polar surface area (TPSA) is 57.3 Å². The molecule has 1 aliphatic heterocycles. The smallest absolute Gasteiger partial charge is 0.259 e. The minimum absolute atomic E-state index is 0.174. The van der Waals surface area contributed by atoms with Gasteiger partial charge >= 0.3 is 0 Å². The van der Waals surface area contributed by atoms with E-state index in [1.54, 1.807) is 6.07 Å². The zero-order chi connectivity index (χ0) is 18.7. The van der Waals surface area contributed by atoms with Crippen molar-refractivity contribution in [1.29, 1.82) is 0 Å². The number of carbonyl (C=O) groups is 1. The van der Waals surface area contributed by atoms with Crippen molar-refractivity contribution < 1.29 is 4.79 Å². The Morgan fingerprint density at radius 2 is 1.73 bits per heavy atom. The van der Waals surface area contributed by atoms with E-state index in [-0.39, 0.29) is 15.6 Å². The highest BCUT2D eigenvalue weighted by molar-refractivity contribution is 6.42. The Bertz CT molecular complexity index is 784. The third-order valence-corrected chi connectivity index (χ3v) is 5.11. The lowest BCUT2D eigenvalue weighted by molar-refractivity contribution is 0.102. The summed E-state index contributed by atoms with van der Waals surface area (Å²) in [5.74, 6) is 0.723. The molecule has 5 nitrogen and oxygen atoms in total. The monoisotopic (exact) mass is 412 g/mol. The van der Waals surface area contributed by atoms with Crippen LogP contribution >= 0.6 is 34.8 Å². The minimum Gasteiger partial charge on any atom is -0.367 e. The zero-order valence-corrected chi connectivity index (χ0v) is 16.5. The first kappa shape index (κ1) is 19.2. The summed E-state index contributed by atoms with van der Waals surface area (Å²) in [5.41, 5.74) is 0.174. The molecule has 138 valence electrons. The molecule has 1 fully saturated rings. The average molecular weight is 414 g/mol. The highest BCUT2D eigenvalue weighted by Crippen LogP contribution is 2.29. The number of likely N-dealkylation sites (tertiary alicyclic amines) is 1. The van der Waals surface area contributed by atoms with Gasteiger partial charge < -0.3 is 15.5 Å². The second-order valence-electron chi connectivity index (χ2n) is 6.33. The Balaban J connectivity index is 1.70. The van der Waals surface area contributed by atoms with Crippen LogP contribution < -0.4 is 10.6 Å². The van der Waals surface area contributed by atoms with Crippen LogP contribution in [-0.2, 0) is 0 Å². The van der Waals surface area contributed by atoms with Crippen molar-refractivity contribution in [2.24, 2.45) is 0 Å². The van der Waals surface area contributed by atoms with Gasteiger partial charge in [-0.2, -0.15) is 0 Å². The van der Waals surface area contributed by atoms with Gasteiger partial charge in [-0.05, 0) is 57.2 Å². The number of halogens is 3. The van der Waals surface area contributed by atoms with Gasteiger partial charge in [-0.1, -0.05) is 40.9 Å². The van der Waals surface area contributed by atoms with Gasteiger partial charge in [0, 0.05) is 11.1 Å². The second kappa shape index (κ2) is 8.44. The maximum atomic E-state index is 12.5. The molecule has 0 radical (unpaired) electrons. The number of piperidine rings is 1. The van der Waals surface area contributed by atoms with Gasteiger partial charge in [0.25, 0.3) is 5.91 Å². The number of aromatic nitrogens is 1. The van der Waals surface area contributed by atoms with Crippen LogP contribution in [0.1, 0.15) is 23.2 Å². The largest absolute Gasteiger partial charge is 0.367 e. The van der Waals surface area contributed by atoms with Crippen LogP contribution in [-0.4, -0.2) is 42.0 Å². The summed E-state index contributed by atoms with van der Waals surface area (Å²) in [5, 5.41) is 6.92. The Kier molecular flexibility index (Phi) is 6.24. The molecule has 0 atom stereocenters. The standard InChI is InChI=1S/C18H19Cl3N4O/c1-25-7-5-12(6-8-25)22-15-3-2-4-16(23-15)24-18(26)17-13(20)9-11(19)10-14(17)21/h2-4,9-10,12H,5-8H2,1H3,(H2,22,23,24,26). The Morgan fingerprint density at radius 1 is 1.12 bits per heavy atom. The Morgan fingerprint density at radius 3 is 2.38 bits per heavy atom. The summed E-state index contributed by atoms with van der Waals surface area (Å²) in [7, 11) is 2.12. The van der Waals surface area contributed by atoms with E-state index in [0.717, 1.165) is 31.7 Å². The van der Waals surface area contributed by atoms with E-state index >= 15 is 0 Å². The molecule has 1 saturated heterocycles. The fraction of sp³-hybridized carbons (Fsp3) is 0.333. The van der Waals surface area contributed by atoms with Crippen LogP contribution in [0.2, 0.25) is 15.1 Å². The summed E-state index contributed by atoms with van der Waals surface area (Å²) in [6.45, 7) is 2.11. The predicted molar refractivity (Wildman–Crippen MR) is 108 cm³/mol. The number of benzene rings is 1. The van der Waals surface area contributed by atoms with E-state index < -0.39 is 5.91 Å². The highest BCUT2D eigenvalue weighted by atomic mass is 35.5. The summed E-state index contributed by atoms with van der Waals surface area (Å²) in [6, 6.07) is 8.78. The molecule has 1 amide bonds. The molecule has 3 rings (SSSR count). The lowest BCUT2D eigenvalue weighted by Gasteiger charge is -2.29. The molecule has 0 aliphatic carbocycles. The quantitative estimate of drug-likeness (QED) is 0.756. The van der Waals surface area contributed by atoms with Gasteiger partial charge in [0.2, 0.25) is 0 Å². The third-order valence-electron chi connectivity index (χ3n) is 4.30. The number of nitrogens with zero attached hydrogens (tertiary/aromatic N) is 2. The van der Waals surface area contributed by atoms with Crippen molar-refractivity contribution in [2.45, 2.75) is 18.9 Å². The van der Waals surface area contributed by atoms with Crippen molar-refractivity contribution in [1.82, 2.24) is 9.88 Å². The maximum absolute atomic E-state index is 12.5. The second-order valence-corrected chi connectivity index (χ2v) is 7.58. The molecule has 0 unspecified atom stereocenters. The molecular formula is C18H19Cl3N4O. The van der Waals surface area contributed by atoms with Crippen LogP contribution in [0.5, 0.6) is 0 Å². The first-order valence-corrected chi connectivity index (χ1v) is 9.44. The lowest BCUT2D eigenvalue weighted by atomic mass is 10.1. The van der Waals surface area contributed by atoms with Crippen molar-refractivity contribution >= 4 is 52.3 Å². The number of rotatable bonds is 4. The molecule has 26 heavy (non-hydrogen) atoms. The van der Waals surface area contributed by atoms with E-state index in [1.807, 2.05) is 12.1 Å². The van der Waals surface area contributed by atoms with Gasteiger partial charge in [-0.3, -0.25) is 4.79 Å². The lowest BCUT2D eigenvalue weighted by Crippen LogP contribution is -2.36. The van der Waals surface area contributed by atoms with Crippen LogP contribution in [0.15, 0.2) is 30.3 Å². The fourth-order valence-electron chi connectivity index (χ4n) is 2.88. The van der Waals surface area contributed by atoms with Crippen molar-refractivity contribution in [2.75, 3.05) is 30.8 Å². The van der Waals surface area contributed by atoms with Gasteiger partial charge in [-0.15, -0.1) is 0 Å². The summed E-state index contributed by atoms with van der Waals surface area (Å²) >= 11 is 18.1. The number of hydrogen-bond donors (Lipinski definition) is 2. The molecular weight excluding hydrogens is 395 g/mol. The van der Waals surface area contributed by atoms with Crippen molar-refractivity contribution in [3.8, 4) is 0 Å². The van der Waals surface area contributed by atoms with Gasteiger partial charge in [0.15, 0.2) is 0 Å². The van der Waals surface area contributed by atoms with Gasteiger partial charge in [0.05, 0.1) is 15.6 Å². The normalized spacial score (nSPS) is 15.7. The molecule has 1 aliphatic rings. The number of pyridine rings is 1. The van der Waals surface area contributed by atoms with E-state index in [4.69, 9.17) is 34.8 Å². The average Bonchev–Trinajstić information content (AvgIpc) is 2.56. The number of carbonyl (C=O) groups excluding carboxylic acids is 1. The molecule has 0 spiro atoms. The molecule has 1 aromatic carbocycles. The molecule has 0 saturated carbocycles. The van der Waals surface area contributed by atoms with E-state index in [9.17, 15) is 4.79 Å². The Labute approximate surface area is 167 Å². The number of nitrogens with one attached hydrogen (secondary N) is 2. The van der Waals surface area contributed by atoms with Crippen LogP contribution in [0.4, 0.5) is 11.6 Å². The summed E-state index contributed by atoms with van der Waals surface area (Å²) < 4.78 is 0. The van der Waals surface area contributed by atoms with Crippen LogP contribution in [0.25, 0.3) is 0 Å². The number of hydrogen-bond acceptors (Lipinski definition) is 4. The Hall–Kier alpha value is -1.53. The van der Waals surface area contributed by atoms with Crippen LogP contribution in [0.3, 0.4) is 0 Å². The molecule has 8 heteroatoms. The van der Waals surface area contributed by atoms with E-state index in [1.165, 1.54) is 12.1 Å². The molecule has 0 bridgehead atoms. The number of amides is 1. The molecule has 2 heterocycles. The summed E-state index contributed by atoms with van der Waals surface area (Å²) in [4.78, 5) is 19.3. The van der Waals surface area contributed by atoms with Crippen LogP contribution in [0, 0.1) is 0 Å². The van der Waals surface area contributed by atoms with E-state index in [0.29, 0.717) is 16.9 Å². The SMILES string of the molecule is CN1CCC(Nc2cccc(NC(=O)c3c(Cl)cc(Cl)cc3Cl)n2)CC1. The maximum Gasteiger partial charge on any atom is 0.259 e. The molecule has 1 aromatic heterocycles. The van der Waals surface area contributed by atoms with Crippen molar-refractivity contribution in [3.63, 3.8) is 0 Å². The first-order valence-electron chi connectivity index (χ1n) is 8.30. The molecule has 2 aromatic rings. The zero-order valence-electron chi connectivity index (χ0n) is 14.2. The van der Waals surface area contributed by atoms with E-state index in [2.05, 4.69) is 27.6 Å². The first-order chi connectivity index (χ1) is 12.4. The minimum atomic E-state index is -0.430. The van der Waals surface area contributed by atoms with Gasteiger partial charge in [0.1, 0.15) is 11.6 Å². The highest BCUT2D eigenvalue weighted by Gasteiger charge is 2.18. The van der Waals surface area contributed by atoms with Gasteiger partial charge in [-0.25, -0.2) is 4.98 Å². The predicted octanol–water partition coefficient (Wildman–Crippen LogP) is 4.80. The third kappa shape index (κ3) is 4.80. The molecule has 2 N–H and O–H groups in total.